The Bertz CT molecular complexity index is 785. The van der Waals surface area contributed by atoms with Crippen molar-refractivity contribution in [1.82, 2.24) is 0 Å². The minimum atomic E-state index is -0.910. The Morgan fingerprint density at radius 3 is 2.88 bits per heavy atom. The van der Waals surface area contributed by atoms with E-state index >= 15 is 0 Å². The van der Waals surface area contributed by atoms with E-state index in [2.05, 4.69) is 18.7 Å². The molecule has 2 unspecified atom stereocenters. The van der Waals surface area contributed by atoms with Gasteiger partial charge in [-0.05, 0) is 55.6 Å². The van der Waals surface area contributed by atoms with Gasteiger partial charge in [0.2, 0.25) is 0 Å². The average Bonchev–Trinajstić information content (AvgIpc) is 3.02. The van der Waals surface area contributed by atoms with Crippen molar-refractivity contribution >= 4 is 11.9 Å². The maximum Gasteiger partial charge on any atom is 0.313 e. The highest BCUT2D eigenvalue weighted by Crippen LogP contribution is 2.78. The Kier molecular flexibility index (Phi) is 2.82. The summed E-state index contributed by atoms with van der Waals surface area (Å²) in [4.78, 5) is 26.0. The molecular weight excluding hydrogens is 332 g/mol. The number of hydrogen-bond acceptors (Lipinski definition) is 5. The molecule has 1 spiro atoms. The molecular formula is C21H26O5. The first kappa shape index (κ1) is 16.5. The van der Waals surface area contributed by atoms with Crippen molar-refractivity contribution in [2.24, 2.45) is 34.5 Å². The van der Waals surface area contributed by atoms with E-state index < -0.39 is 27.9 Å². The van der Waals surface area contributed by atoms with Gasteiger partial charge in [0.05, 0.1) is 24.0 Å². The Hall–Kier alpha value is -1.62. The molecule has 1 saturated heterocycles. The number of allylic oxidation sites excluding steroid dienone is 1. The predicted molar refractivity (Wildman–Crippen MR) is 92.7 cm³/mol. The zero-order valence-corrected chi connectivity index (χ0v) is 15.6. The lowest BCUT2D eigenvalue weighted by Crippen LogP contribution is -2.48. The first-order chi connectivity index (χ1) is 12.2. The molecule has 1 heterocycles. The number of rotatable bonds is 1. The molecule has 0 amide bonds. The van der Waals surface area contributed by atoms with Gasteiger partial charge in [-0.2, -0.15) is 0 Å². The number of ether oxygens (including phenoxy) is 2. The summed E-state index contributed by atoms with van der Waals surface area (Å²) in [6.45, 7) is 8.10. The van der Waals surface area contributed by atoms with Gasteiger partial charge in [0, 0.05) is 11.8 Å². The van der Waals surface area contributed by atoms with E-state index in [4.69, 9.17) is 9.47 Å². The summed E-state index contributed by atoms with van der Waals surface area (Å²) in [6.07, 6.45) is 6.58. The van der Waals surface area contributed by atoms with E-state index in [1.54, 1.807) is 0 Å². The molecule has 4 aliphatic carbocycles. The van der Waals surface area contributed by atoms with Gasteiger partial charge in [-0.3, -0.25) is 9.59 Å². The summed E-state index contributed by atoms with van der Waals surface area (Å²) in [5.41, 5.74) is -2.05. The van der Waals surface area contributed by atoms with Crippen LogP contribution in [-0.2, 0) is 19.1 Å². The molecule has 4 fully saturated rings. The van der Waals surface area contributed by atoms with Crippen molar-refractivity contribution in [3.8, 4) is 0 Å². The van der Waals surface area contributed by atoms with Crippen LogP contribution in [0.25, 0.3) is 0 Å². The van der Waals surface area contributed by atoms with Crippen LogP contribution in [0.5, 0.6) is 0 Å². The van der Waals surface area contributed by atoms with Crippen LogP contribution in [0.1, 0.15) is 39.5 Å². The summed E-state index contributed by atoms with van der Waals surface area (Å²) < 4.78 is 11.4. The molecule has 5 nitrogen and oxygen atoms in total. The Morgan fingerprint density at radius 1 is 1.46 bits per heavy atom. The van der Waals surface area contributed by atoms with Crippen LogP contribution in [0.4, 0.5) is 0 Å². The minimum absolute atomic E-state index is 0.0113. The van der Waals surface area contributed by atoms with Gasteiger partial charge in [-0.1, -0.05) is 19.6 Å². The normalized spacial score (nSPS) is 56.2. The number of aliphatic hydroxyl groups is 1. The van der Waals surface area contributed by atoms with E-state index in [1.807, 2.05) is 13.8 Å². The summed E-state index contributed by atoms with van der Waals surface area (Å²) >= 11 is 0. The second kappa shape index (κ2) is 4.44. The Labute approximate surface area is 153 Å². The number of carbonyl (C=O) groups is 2. The van der Waals surface area contributed by atoms with Gasteiger partial charge < -0.3 is 14.6 Å². The second-order valence-corrected chi connectivity index (χ2v) is 9.47. The molecule has 1 N–H and O–H groups in total. The molecule has 0 aromatic carbocycles. The highest BCUT2D eigenvalue weighted by atomic mass is 16.6. The first-order valence-corrected chi connectivity index (χ1v) is 9.57. The molecule has 5 heteroatoms. The molecule has 5 aliphatic rings. The molecule has 0 aromatic rings. The highest BCUT2D eigenvalue weighted by molar-refractivity contribution is 5.86. The Balaban J connectivity index is 1.78. The fraction of sp³-hybridized carbons (Fsp3) is 0.714. The lowest BCUT2D eigenvalue weighted by molar-refractivity contribution is -0.162. The zero-order valence-electron chi connectivity index (χ0n) is 15.6. The van der Waals surface area contributed by atoms with Crippen molar-refractivity contribution in [2.75, 3.05) is 7.11 Å². The second-order valence-electron chi connectivity index (χ2n) is 9.47. The van der Waals surface area contributed by atoms with Crippen LogP contribution < -0.4 is 0 Å². The van der Waals surface area contributed by atoms with Gasteiger partial charge in [0.25, 0.3) is 0 Å². The maximum atomic E-state index is 13.1. The molecule has 0 radical (unpaired) electrons. The third kappa shape index (κ3) is 1.44. The number of fused-ring (bicyclic) bond motifs is 1. The van der Waals surface area contributed by atoms with E-state index in [9.17, 15) is 14.7 Å². The van der Waals surface area contributed by atoms with Gasteiger partial charge in [-0.25, -0.2) is 0 Å². The van der Waals surface area contributed by atoms with E-state index in [0.29, 0.717) is 19.3 Å². The number of methoxy groups -OCH3 is 1. The van der Waals surface area contributed by atoms with Gasteiger partial charge in [0.15, 0.2) is 0 Å². The minimum Gasteiger partial charge on any atom is -0.469 e. The molecule has 140 valence electrons. The van der Waals surface area contributed by atoms with Crippen molar-refractivity contribution in [3.63, 3.8) is 0 Å². The van der Waals surface area contributed by atoms with Crippen LogP contribution in [0.2, 0.25) is 0 Å². The molecule has 5 rings (SSSR count). The van der Waals surface area contributed by atoms with Crippen LogP contribution in [0.3, 0.4) is 0 Å². The molecule has 1 aliphatic heterocycles. The molecule has 0 aromatic heterocycles. The lowest BCUT2D eigenvalue weighted by atomic mass is 9.58. The van der Waals surface area contributed by atoms with E-state index in [0.717, 1.165) is 12.0 Å². The van der Waals surface area contributed by atoms with Crippen LogP contribution in [0.15, 0.2) is 24.3 Å². The van der Waals surface area contributed by atoms with Crippen LogP contribution in [0, 0.1) is 34.5 Å². The quantitative estimate of drug-likeness (QED) is 0.576. The highest BCUT2D eigenvalue weighted by Gasteiger charge is 2.83. The Morgan fingerprint density at radius 2 is 2.19 bits per heavy atom. The SMILES string of the molecule is C=C1C[C@]23C[C@@]1(O)CCC2[C@@]12C=C[C@H](C)[C@](C)(C(=O)O1)C2[C@@H]3C(=O)OC. The van der Waals surface area contributed by atoms with E-state index in [-0.39, 0.29) is 29.7 Å². The number of hydrogen-bond donors (Lipinski definition) is 1. The van der Waals surface area contributed by atoms with Gasteiger partial charge >= 0.3 is 11.9 Å². The molecule has 4 bridgehead atoms. The predicted octanol–water partition coefficient (Wildman–Crippen LogP) is 2.39. The van der Waals surface area contributed by atoms with Crippen LogP contribution in [-0.4, -0.2) is 35.4 Å². The number of carbonyl (C=O) groups excluding carboxylic acids is 2. The van der Waals surface area contributed by atoms with Crippen LogP contribution >= 0.6 is 0 Å². The van der Waals surface area contributed by atoms with Crippen molar-refractivity contribution < 1.29 is 24.2 Å². The topological polar surface area (TPSA) is 72.8 Å². The van der Waals surface area contributed by atoms with Crippen molar-refractivity contribution in [2.45, 2.75) is 50.7 Å². The third-order valence-corrected chi connectivity index (χ3v) is 8.75. The fourth-order valence-electron chi connectivity index (χ4n) is 7.46. The fourth-order valence-corrected chi connectivity index (χ4v) is 7.46. The maximum absolute atomic E-state index is 13.1. The number of esters is 2. The molecule has 26 heavy (non-hydrogen) atoms. The molecule has 3 saturated carbocycles. The third-order valence-electron chi connectivity index (χ3n) is 8.75. The van der Waals surface area contributed by atoms with Crippen molar-refractivity contribution in [3.05, 3.63) is 24.3 Å². The van der Waals surface area contributed by atoms with Gasteiger partial charge in [-0.15, -0.1) is 0 Å². The zero-order chi connectivity index (χ0) is 18.7. The molecule has 8 atom stereocenters. The monoisotopic (exact) mass is 358 g/mol. The first-order valence-electron chi connectivity index (χ1n) is 9.57. The lowest BCUT2D eigenvalue weighted by Gasteiger charge is -2.44. The average molecular weight is 358 g/mol. The van der Waals surface area contributed by atoms with Crippen molar-refractivity contribution in [1.29, 1.82) is 0 Å². The summed E-state index contributed by atoms with van der Waals surface area (Å²) in [7, 11) is 1.41. The summed E-state index contributed by atoms with van der Waals surface area (Å²) in [6, 6.07) is 0. The summed E-state index contributed by atoms with van der Waals surface area (Å²) in [5, 5.41) is 11.1. The largest absolute Gasteiger partial charge is 0.469 e. The van der Waals surface area contributed by atoms with E-state index in [1.165, 1.54) is 7.11 Å². The smallest absolute Gasteiger partial charge is 0.313 e. The summed E-state index contributed by atoms with van der Waals surface area (Å²) in [5.74, 6) is -1.21. The standard InChI is InChI=1S/C21H26O5/c1-11-5-8-21-13-6-7-20(24)10-19(13,9-12(20)2)14(16(22)25-4)15(21)18(11,3)17(23)26-21/h5,8,11,13-15,24H,2,6-7,9-10H2,1,3-4H3/t11-,13?,14+,15?,18-,19-,20-,21+/m0/s1. The van der Waals surface area contributed by atoms with Gasteiger partial charge in [0.1, 0.15) is 5.60 Å².